The van der Waals surface area contributed by atoms with Gasteiger partial charge in [0.05, 0.1) is 6.61 Å². The largest absolute Gasteiger partial charge is 0.395 e. The minimum absolute atomic E-state index is 0.0954. The van der Waals surface area contributed by atoms with Gasteiger partial charge in [-0.3, -0.25) is 0 Å². The van der Waals surface area contributed by atoms with Gasteiger partial charge >= 0.3 is 0 Å². The molecule has 0 aromatic carbocycles. The number of likely N-dealkylation sites (N-methyl/N-ethyl adjacent to an activating group) is 1. The van der Waals surface area contributed by atoms with Crippen molar-refractivity contribution in [2.75, 3.05) is 20.2 Å². The smallest absolute Gasteiger partial charge is 0.252 e. The summed E-state index contributed by atoms with van der Waals surface area (Å²) in [6, 6.07) is 3.24. The van der Waals surface area contributed by atoms with E-state index in [-0.39, 0.29) is 17.4 Å². The first kappa shape index (κ1) is 12.6. The average Bonchev–Trinajstić information content (AvgIpc) is 2.66. The molecule has 0 aliphatic heterocycles. The fourth-order valence-corrected chi connectivity index (χ4v) is 3.63. The van der Waals surface area contributed by atoms with Crippen molar-refractivity contribution in [3.8, 4) is 0 Å². The molecule has 0 bridgehead atoms. The van der Waals surface area contributed by atoms with Gasteiger partial charge in [0.15, 0.2) is 0 Å². The minimum Gasteiger partial charge on any atom is -0.395 e. The third-order valence-electron chi connectivity index (χ3n) is 1.92. The predicted octanol–water partition coefficient (Wildman–Crippen LogP) is -0.180. The van der Waals surface area contributed by atoms with Crippen molar-refractivity contribution in [2.45, 2.75) is 10.8 Å². The fourth-order valence-electron chi connectivity index (χ4n) is 1.02. The monoisotopic (exact) mass is 250 g/mol. The first-order chi connectivity index (χ1) is 7.02. The molecular formula is C8H14N2O3S2. The molecule has 86 valence electrons. The molecule has 0 aliphatic rings. The summed E-state index contributed by atoms with van der Waals surface area (Å²) in [5, 5.41) is 8.68. The van der Waals surface area contributed by atoms with Crippen molar-refractivity contribution in [1.82, 2.24) is 4.31 Å². The van der Waals surface area contributed by atoms with Crippen LogP contribution >= 0.6 is 11.3 Å². The van der Waals surface area contributed by atoms with Crippen LogP contribution in [-0.4, -0.2) is 38.0 Å². The highest BCUT2D eigenvalue weighted by Gasteiger charge is 2.21. The van der Waals surface area contributed by atoms with E-state index in [2.05, 4.69) is 0 Å². The summed E-state index contributed by atoms with van der Waals surface area (Å²) in [6.07, 6.45) is 0. The molecule has 7 heteroatoms. The highest BCUT2D eigenvalue weighted by Crippen LogP contribution is 2.23. The fraction of sp³-hybridized carbons (Fsp3) is 0.500. The van der Waals surface area contributed by atoms with E-state index in [0.717, 1.165) is 20.5 Å². The van der Waals surface area contributed by atoms with E-state index in [0.29, 0.717) is 6.54 Å². The SMILES string of the molecule is CN(CCO)S(=O)(=O)c1ccc(CN)s1. The number of nitrogens with two attached hydrogens (primary N) is 1. The van der Waals surface area contributed by atoms with Crippen LogP contribution in [0.25, 0.3) is 0 Å². The Bertz CT molecular complexity index is 413. The van der Waals surface area contributed by atoms with Crippen LogP contribution in [0.5, 0.6) is 0 Å². The molecule has 15 heavy (non-hydrogen) atoms. The van der Waals surface area contributed by atoms with E-state index in [1.54, 1.807) is 6.07 Å². The lowest BCUT2D eigenvalue weighted by molar-refractivity contribution is 0.266. The summed E-state index contributed by atoms with van der Waals surface area (Å²) >= 11 is 1.16. The van der Waals surface area contributed by atoms with Crippen molar-refractivity contribution in [3.63, 3.8) is 0 Å². The van der Waals surface area contributed by atoms with Gasteiger partial charge in [0.25, 0.3) is 10.0 Å². The highest BCUT2D eigenvalue weighted by atomic mass is 32.2. The molecule has 0 fully saturated rings. The molecule has 0 spiro atoms. The van der Waals surface area contributed by atoms with Gasteiger partial charge in [0.2, 0.25) is 0 Å². The van der Waals surface area contributed by atoms with Gasteiger partial charge in [-0.2, -0.15) is 4.31 Å². The topological polar surface area (TPSA) is 83.6 Å². The highest BCUT2D eigenvalue weighted by molar-refractivity contribution is 7.91. The van der Waals surface area contributed by atoms with E-state index >= 15 is 0 Å². The molecule has 1 heterocycles. The van der Waals surface area contributed by atoms with E-state index in [4.69, 9.17) is 10.8 Å². The predicted molar refractivity (Wildman–Crippen MR) is 59.1 cm³/mol. The lowest BCUT2D eigenvalue weighted by Gasteiger charge is -2.13. The Morgan fingerprint density at radius 3 is 2.67 bits per heavy atom. The van der Waals surface area contributed by atoms with Gasteiger partial charge < -0.3 is 10.8 Å². The van der Waals surface area contributed by atoms with E-state index in [1.165, 1.54) is 13.1 Å². The van der Waals surface area contributed by atoms with Crippen LogP contribution in [0, 0.1) is 0 Å². The summed E-state index contributed by atoms with van der Waals surface area (Å²) in [4.78, 5) is 0.825. The Hall–Kier alpha value is -0.470. The zero-order valence-corrected chi connectivity index (χ0v) is 10.0. The third-order valence-corrected chi connectivity index (χ3v) is 5.35. The van der Waals surface area contributed by atoms with Gasteiger partial charge in [-0.1, -0.05) is 0 Å². The number of aliphatic hydroxyl groups is 1. The molecule has 5 nitrogen and oxygen atoms in total. The maximum atomic E-state index is 11.8. The van der Waals surface area contributed by atoms with Crippen molar-refractivity contribution in [3.05, 3.63) is 17.0 Å². The first-order valence-electron chi connectivity index (χ1n) is 4.38. The standard InChI is InChI=1S/C8H14N2O3S2/c1-10(4-5-11)15(12,13)8-3-2-7(6-9)14-8/h2-3,11H,4-6,9H2,1H3. The van der Waals surface area contributed by atoms with Crippen LogP contribution in [0.1, 0.15) is 4.88 Å². The molecule has 0 atom stereocenters. The molecule has 1 aromatic heterocycles. The second-order valence-electron chi connectivity index (χ2n) is 2.98. The zero-order valence-electron chi connectivity index (χ0n) is 8.38. The minimum atomic E-state index is -3.45. The van der Waals surface area contributed by atoms with Crippen LogP contribution in [0.3, 0.4) is 0 Å². The lowest BCUT2D eigenvalue weighted by atomic mass is 10.5. The number of sulfonamides is 1. The summed E-state index contributed by atoms with van der Waals surface area (Å²) in [6.45, 7) is 0.243. The van der Waals surface area contributed by atoms with Gasteiger partial charge in [0.1, 0.15) is 4.21 Å². The molecule has 1 rings (SSSR count). The van der Waals surface area contributed by atoms with Crippen LogP contribution in [0.4, 0.5) is 0 Å². The van der Waals surface area contributed by atoms with Crippen LogP contribution in [0.2, 0.25) is 0 Å². The van der Waals surface area contributed by atoms with Crippen LogP contribution < -0.4 is 5.73 Å². The van der Waals surface area contributed by atoms with E-state index in [9.17, 15) is 8.42 Å². The van der Waals surface area contributed by atoms with Gasteiger partial charge in [-0.05, 0) is 12.1 Å². The maximum absolute atomic E-state index is 11.8. The molecule has 0 radical (unpaired) electrons. The maximum Gasteiger partial charge on any atom is 0.252 e. The molecular weight excluding hydrogens is 236 g/mol. The Morgan fingerprint density at radius 1 is 1.53 bits per heavy atom. The second kappa shape index (κ2) is 5.04. The van der Waals surface area contributed by atoms with Crippen LogP contribution in [0.15, 0.2) is 16.3 Å². The normalized spacial score (nSPS) is 12.3. The van der Waals surface area contributed by atoms with Gasteiger partial charge in [-0.25, -0.2) is 8.42 Å². The Morgan fingerprint density at radius 2 is 2.20 bits per heavy atom. The number of aliphatic hydroxyl groups excluding tert-OH is 1. The summed E-state index contributed by atoms with van der Waals surface area (Å²) in [5.41, 5.74) is 5.40. The Kier molecular flexibility index (Phi) is 4.23. The van der Waals surface area contributed by atoms with Crippen molar-refractivity contribution in [1.29, 1.82) is 0 Å². The number of rotatable bonds is 5. The zero-order chi connectivity index (χ0) is 11.5. The lowest BCUT2D eigenvalue weighted by Crippen LogP contribution is -2.29. The number of hydrogen-bond acceptors (Lipinski definition) is 5. The van der Waals surface area contributed by atoms with Crippen molar-refractivity contribution < 1.29 is 13.5 Å². The first-order valence-corrected chi connectivity index (χ1v) is 6.64. The Balaban J connectivity index is 2.95. The van der Waals surface area contributed by atoms with Gasteiger partial charge in [0, 0.05) is 25.0 Å². The Labute approximate surface area is 93.2 Å². The summed E-state index contributed by atoms with van der Waals surface area (Å²) < 4.78 is 25.1. The third kappa shape index (κ3) is 2.76. The average molecular weight is 250 g/mol. The van der Waals surface area contributed by atoms with E-state index < -0.39 is 10.0 Å². The van der Waals surface area contributed by atoms with Gasteiger partial charge in [-0.15, -0.1) is 11.3 Å². The molecule has 0 amide bonds. The molecule has 3 N–H and O–H groups in total. The molecule has 0 saturated heterocycles. The molecule has 0 unspecified atom stereocenters. The van der Waals surface area contributed by atoms with Crippen molar-refractivity contribution >= 4 is 21.4 Å². The second-order valence-corrected chi connectivity index (χ2v) is 6.42. The summed E-state index contributed by atoms with van der Waals surface area (Å²) in [7, 11) is -2.02. The molecule has 0 saturated carbocycles. The number of nitrogens with zero attached hydrogens (tertiary/aromatic N) is 1. The summed E-state index contributed by atoms with van der Waals surface area (Å²) in [5.74, 6) is 0. The van der Waals surface area contributed by atoms with E-state index in [1.807, 2.05) is 0 Å². The number of thiophene rings is 1. The van der Waals surface area contributed by atoms with Crippen molar-refractivity contribution in [2.24, 2.45) is 5.73 Å². The molecule has 1 aromatic rings. The van der Waals surface area contributed by atoms with Crippen LogP contribution in [-0.2, 0) is 16.6 Å². The number of hydrogen-bond donors (Lipinski definition) is 2. The quantitative estimate of drug-likeness (QED) is 0.759. The molecule has 0 aliphatic carbocycles.